The zero-order valence-corrected chi connectivity index (χ0v) is 20.3. The number of ether oxygens (including phenoxy) is 1. The van der Waals surface area contributed by atoms with E-state index in [9.17, 15) is 10.1 Å². The number of nitrogens with two attached hydrogens (primary N) is 1. The van der Waals surface area contributed by atoms with E-state index in [1.54, 1.807) is 17.8 Å². The molecule has 1 fully saturated rings. The largest absolute Gasteiger partial charge is 0.383 e. The van der Waals surface area contributed by atoms with Crippen molar-refractivity contribution >= 4 is 11.4 Å². The monoisotopic (exact) mass is 459 g/mol. The number of rotatable bonds is 8. The predicted octanol–water partition coefficient (Wildman–Crippen LogP) is 3.83. The van der Waals surface area contributed by atoms with Crippen LogP contribution in [0.5, 0.6) is 0 Å². The molecule has 7 heteroatoms. The van der Waals surface area contributed by atoms with Crippen molar-refractivity contribution in [2.24, 2.45) is 5.73 Å². The van der Waals surface area contributed by atoms with Crippen molar-refractivity contribution in [2.45, 2.75) is 39.3 Å². The molecule has 3 rings (SSSR count). The summed E-state index contributed by atoms with van der Waals surface area (Å²) in [5.41, 5.74) is 10.7. The highest BCUT2D eigenvalue weighted by Crippen LogP contribution is 2.29. The Morgan fingerprint density at radius 3 is 2.56 bits per heavy atom. The van der Waals surface area contributed by atoms with E-state index in [2.05, 4.69) is 12.6 Å². The van der Waals surface area contributed by atoms with Crippen LogP contribution in [0.15, 0.2) is 59.4 Å². The third kappa shape index (κ3) is 5.71. The van der Waals surface area contributed by atoms with Gasteiger partial charge in [-0.15, -0.1) is 0 Å². The molecule has 0 radical (unpaired) electrons. The van der Waals surface area contributed by atoms with Crippen LogP contribution in [0.3, 0.4) is 0 Å². The molecule has 1 saturated heterocycles. The standard InChI is InChI=1S/C27H33N5O2/c1-5-21(18-28)9-8-20(3)24-25(22-10-6-19(2)7-11-22)32(16-17-34-4)27(33)26(30-24)31-14-12-23(29)13-15-31/h5-11,23H,1,12-17,29H2,2-4H3/b20-8+,21-9+. The van der Waals surface area contributed by atoms with Crippen molar-refractivity contribution in [3.8, 4) is 17.3 Å². The number of piperidine rings is 1. The van der Waals surface area contributed by atoms with Crippen molar-refractivity contribution in [1.82, 2.24) is 9.55 Å². The van der Waals surface area contributed by atoms with Gasteiger partial charge in [-0.2, -0.15) is 5.26 Å². The summed E-state index contributed by atoms with van der Waals surface area (Å²) in [7, 11) is 1.63. The van der Waals surface area contributed by atoms with Crippen molar-refractivity contribution in [2.75, 3.05) is 31.7 Å². The second-order valence-electron chi connectivity index (χ2n) is 8.56. The van der Waals surface area contributed by atoms with E-state index in [4.69, 9.17) is 15.5 Å². The quantitative estimate of drug-likeness (QED) is 0.476. The van der Waals surface area contributed by atoms with Crippen molar-refractivity contribution in [3.05, 3.63) is 76.3 Å². The fourth-order valence-electron chi connectivity index (χ4n) is 3.99. The van der Waals surface area contributed by atoms with Crippen LogP contribution in [-0.4, -0.2) is 42.4 Å². The average Bonchev–Trinajstić information content (AvgIpc) is 2.84. The minimum absolute atomic E-state index is 0.140. The molecule has 0 saturated carbocycles. The maximum absolute atomic E-state index is 13.7. The topological polar surface area (TPSA) is 97.2 Å². The van der Waals surface area contributed by atoms with Crippen molar-refractivity contribution in [3.63, 3.8) is 0 Å². The van der Waals surface area contributed by atoms with E-state index >= 15 is 0 Å². The Balaban J connectivity index is 2.28. The molecule has 0 amide bonds. The summed E-state index contributed by atoms with van der Waals surface area (Å²) in [6, 6.07) is 10.3. The van der Waals surface area contributed by atoms with Gasteiger partial charge in [0.15, 0.2) is 5.82 Å². The normalized spacial score (nSPS) is 15.3. The number of nitrogens with zero attached hydrogens (tertiary/aromatic N) is 4. The van der Waals surface area contributed by atoms with E-state index in [1.807, 2.05) is 49.1 Å². The lowest BCUT2D eigenvalue weighted by molar-refractivity contribution is 0.186. The van der Waals surface area contributed by atoms with E-state index in [-0.39, 0.29) is 11.6 Å². The molecule has 34 heavy (non-hydrogen) atoms. The van der Waals surface area contributed by atoms with Crippen LogP contribution in [-0.2, 0) is 11.3 Å². The number of anilines is 1. The van der Waals surface area contributed by atoms with E-state index < -0.39 is 0 Å². The summed E-state index contributed by atoms with van der Waals surface area (Å²) in [6.07, 6.45) is 6.71. The molecule has 7 nitrogen and oxygen atoms in total. The molecule has 0 bridgehead atoms. The molecule has 0 aliphatic carbocycles. The molecule has 178 valence electrons. The first-order chi connectivity index (χ1) is 16.4. The highest BCUT2D eigenvalue weighted by Gasteiger charge is 2.25. The van der Waals surface area contributed by atoms with Gasteiger partial charge in [-0.25, -0.2) is 4.98 Å². The van der Waals surface area contributed by atoms with Gasteiger partial charge in [0, 0.05) is 38.3 Å². The summed E-state index contributed by atoms with van der Waals surface area (Å²) >= 11 is 0. The van der Waals surface area contributed by atoms with Crippen LogP contribution in [0, 0.1) is 18.3 Å². The lowest BCUT2D eigenvalue weighted by Gasteiger charge is -2.31. The fraction of sp³-hybridized carbons (Fsp3) is 0.370. The Hall–Kier alpha value is -3.47. The van der Waals surface area contributed by atoms with Gasteiger partial charge in [0.05, 0.1) is 29.6 Å². The minimum Gasteiger partial charge on any atom is -0.383 e. The number of allylic oxidation sites excluding steroid dienone is 5. The molecule has 2 heterocycles. The Morgan fingerprint density at radius 1 is 1.29 bits per heavy atom. The number of nitriles is 1. The first-order valence-electron chi connectivity index (χ1n) is 11.5. The minimum atomic E-state index is -0.140. The Morgan fingerprint density at radius 2 is 1.97 bits per heavy atom. The zero-order chi connectivity index (χ0) is 24.7. The van der Waals surface area contributed by atoms with Crippen LogP contribution in [0.4, 0.5) is 5.82 Å². The maximum Gasteiger partial charge on any atom is 0.294 e. The third-order valence-electron chi connectivity index (χ3n) is 6.07. The second-order valence-corrected chi connectivity index (χ2v) is 8.56. The van der Waals surface area contributed by atoms with Crippen LogP contribution in [0.1, 0.15) is 31.0 Å². The Kier molecular flexibility index (Phi) is 8.58. The van der Waals surface area contributed by atoms with E-state index in [0.717, 1.165) is 35.2 Å². The number of benzene rings is 1. The van der Waals surface area contributed by atoms with Gasteiger partial charge < -0.3 is 19.9 Å². The van der Waals surface area contributed by atoms with Crippen molar-refractivity contribution in [1.29, 1.82) is 5.26 Å². The zero-order valence-electron chi connectivity index (χ0n) is 20.3. The lowest BCUT2D eigenvalue weighted by Crippen LogP contribution is -2.43. The number of aryl methyl sites for hydroxylation is 1. The van der Waals surface area contributed by atoms with Gasteiger partial charge in [0.2, 0.25) is 0 Å². The van der Waals surface area contributed by atoms with Crippen LogP contribution in [0.25, 0.3) is 16.8 Å². The van der Waals surface area contributed by atoms with Gasteiger partial charge >= 0.3 is 0 Å². The van der Waals surface area contributed by atoms with Crippen LogP contribution < -0.4 is 16.2 Å². The number of methoxy groups -OCH3 is 1. The molecule has 1 aromatic heterocycles. The Labute approximate surface area is 201 Å². The molecular formula is C27H33N5O2. The number of hydrogen-bond acceptors (Lipinski definition) is 6. The molecule has 0 unspecified atom stereocenters. The highest BCUT2D eigenvalue weighted by molar-refractivity contribution is 5.78. The molecule has 1 aliphatic rings. The second kappa shape index (κ2) is 11.6. The summed E-state index contributed by atoms with van der Waals surface area (Å²) < 4.78 is 7.10. The Bertz CT molecular complexity index is 1180. The summed E-state index contributed by atoms with van der Waals surface area (Å²) in [5.74, 6) is 0.426. The first kappa shape index (κ1) is 25.2. The number of hydrogen-bond donors (Lipinski definition) is 1. The summed E-state index contributed by atoms with van der Waals surface area (Å²) in [4.78, 5) is 20.7. The van der Waals surface area contributed by atoms with E-state index in [0.29, 0.717) is 43.3 Å². The predicted molar refractivity (Wildman–Crippen MR) is 138 cm³/mol. The molecule has 0 spiro atoms. The smallest absolute Gasteiger partial charge is 0.294 e. The van der Waals surface area contributed by atoms with Gasteiger partial charge in [-0.3, -0.25) is 4.79 Å². The molecular weight excluding hydrogens is 426 g/mol. The fourth-order valence-corrected chi connectivity index (χ4v) is 3.99. The molecule has 0 atom stereocenters. The summed E-state index contributed by atoms with van der Waals surface area (Å²) in [5, 5.41) is 9.27. The first-order valence-corrected chi connectivity index (χ1v) is 11.5. The van der Waals surface area contributed by atoms with E-state index in [1.165, 1.54) is 6.08 Å². The third-order valence-corrected chi connectivity index (χ3v) is 6.07. The molecule has 1 aromatic carbocycles. The SMILES string of the molecule is C=C/C(C#N)=C\C=C(/C)c1nc(N2CCC(N)CC2)c(=O)n(CCOC)c1-c1ccc(C)cc1. The maximum atomic E-state index is 13.7. The van der Waals surface area contributed by atoms with Crippen molar-refractivity contribution < 1.29 is 4.74 Å². The van der Waals surface area contributed by atoms with Gasteiger partial charge in [0.1, 0.15) is 0 Å². The number of aromatic nitrogens is 2. The van der Waals surface area contributed by atoms with Gasteiger partial charge in [-0.05, 0) is 38.3 Å². The lowest BCUT2D eigenvalue weighted by atomic mass is 10.0. The van der Waals surface area contributed by atoms with Crippen LogP contribution >= 0.6 is 0 Å². The van der Waals surface area contributed by atoms with Gasteiger partial charge in [0.25, 0.3) is 5.56 Å². The molecule has 2 aromatic rings. The average molecular weight is 460 g/mol. The summed E-state index contributed by atoms with van der Waals surface area (Å²) in [6.45, 7) is 9.82. The van der Waals surface area contributed by atoms with Gasteiger partial charge in [-0.1, -0.05) is 48.6 Å². The highest BCUT2D eigenvalue weighted by atomic mass is 16.5. The molecule has 2 N–H and O–H groups in total. The van der Waals surface area contributed by atoms with Crippen LogP contribution in [0.2, 0.25) is 0 Å². The molecule has 1 aliphatic heterocycles.